The minimum Gasteiger partial charge on any atom is -0.478 e. The van der Waals surface area contributed by atoms with Crippen molar-refractivity contribution in [1.29, 1.82) is 0 Å². The lowest BCUT2D eigenvalue weighted by atomic mass is 10.2. The molecule has 0 unspecified atom stereocenters. The highest BCUT2D eigenvalue weighted by atomic mass is 79.9. The first-order valence-electron chi connectivity index (χ1n) is 4.24. The number of hydrogen-bond donors (Lipinski definition) is 2. The van der Waals surface area contributed by atoms with Gasteiger partial charge in [0.1, 0.15) is 0 Å². The molecule has 0 saturated heterocycles. The zero-order chi connectivity index (χ0) is 14.1. The highest BCUT2D eigenvalue weighted by Gasteiger charge is 2.39. The Labute approximate surface area is 112 Å². The van der Waals surface area contributed by atoms with E-state index in [1.165, 1.54) is 11.4 Å². The minimum atomic E-state index is -5.13. The number of halogens is 5. The number of carboxylic acids is 1. The van der Waals surface area contributed by atoms with Gasteiger partial charge in [-0.05, 0) is 28.1 Å². The van der Waals surface area contributed by atoms with Crippen LogP contribution in [0.4, 0.5) is 18.9 Å². The van der Waals surface area contributed by atoms with Gasteiger partial charge in [0, 0.05) is 0 Å². The first-order chi connectivity index (χ1) is 8.14. The molecular weight excluding hydrogens is 342 g/mol. The second kappa shape index (κ2) is 5.15. The molecule has 1 amide bonds. The number of anilines is 1. The number of nitrogens with one attached hydrogen (secondary N) is 1. The molecule has 0 spiro atoms. The maximum absolute atomic E-state index is 12.1. The Bertz CT molecular complexity index is 519. The van der Waals surface area contributed by atoms with Crippen molar-refractivity contribution < 1.29 is 27.9 Å². The van der Waals surface area contributed by atoms with Gasteiger partial charge in [-0.3, -0.25) is 4.79 Å². The Morgan fingerprint density at radius 1 is 1.33 bits per heavy atom. The van der Waals surface area contributed by atoms with E-state index < -0.39 is 29.3 Å². The Kier molecular flexibility index (Phi) is 4.23. The quantitative estimate of drug-likeness (QED) is 0.863. The van der Waals surface area contributed by atoms with Crippen LogP contribution < -0.4 is 5.32 Å². The van der Waals surface area contributed by atoms with Crippen LogP contribution in [0.1, 0.15) is 10.4 Å². The molecule has 0 heterocycles. The molecular formula is C9H4BrClF3NO3. The van der Waals surface area contributed by atoms with Gasteiger partial charge < -0.3 is 10.4 Å². The van der Waals surface area contributed by atoms with Crippen molar-refractivity contribution in [3.8, 4) is 0 Å². The van der Waals surface area contributed by atoms with Gasteiger partial charge in [0.25, 0.3) is 0 Å². The van der Waals surface area contributed by atoms with Crippen molar-refractivity contribution in [2.24, 2.45) is 0 Å². The predicted molar refractivity (Wildman–Crippen MR) is 60.8 cm³/mol. The number of benzene rings is 1. The number of amides is 1. The molecule has 98 valence electrons. The van der Waals surface area contributed by atoms with Gasteiger partial charge in [-0.25, -0.2) is 4.79 Å². The molecule has 0 bridgehead atoms. The van der Waals surface area contributed by atoms with Crippen LogP contribution in [0.15, 0.2) is 16.6 Å². The summed E-state index contributed by atoms with van der Waals surface area (Å²) >= 11 is 8.43. The van der Waals surface area contributed by atoms with Crippen LogP contribution in [0.3, 0.4) is 0 Å². The second-order valence-corrected chi connectivity index (χ2v) is 4.24. The first kappa shape index (κ1) is 14.8. The molecule has 1 rings (SSSR count). The Morgan fingerprint density at radius 2 is 1.89 bits per heavy atom. The third kappa shape index (κ3) is 3.14. The Balaban J connectivity index is 3.26. The molecule has 9 heteroatoms. The summed E-state index contributed by atoms with van der Waals surface area (Å²) in [5.41, 5.74) is -1.05. The van der Waals surface area contributed by atoms with Crippen molar-refractivity contribution in [2.45, 2.75) is 6.18 Å². The predicted octanol–water partition coefficient (Wildman–Crippen LogP) is 3.30. The highest BCUT2D eigenvalue weighted by Crippen LogP contribution is 2.34. The summed E-state index contributed by atoms with van der Waals surface area (Å²) in [5.74, 6) is -3.78. The summed E-state index contributed by atoms with van der Waals surface area (Å²) in [5, 5.41) is 10.2. The van der Waals surface area contributed by atoms with Crippen LogP contribution in [-0.2, 0) is 4.79 Å². The fraction of sp³-hybridized carbons (Fsp3) is 0.111. The number of carbonyl (C=O) groups excluding carboxylic acids is 1. The number of carbonyl (C=O) groups is 2. The molecule has 0 atom stereocenters. The Hall–Kier alpha value is -1.28. The molecule has 0 aliphatic heterocycles. The summed E-state index contributed by atoms with van der Waals surface area (Å²) in [4.78, 5) is 21.6. The van der Waals surface area contributed by atoms with Gasteiger partial charge in [-0.2, -0.15) is 13.2 Å². The fourth-order valence-corrected chi connectivity index (χ4v) is 1.64. The lowest BCUT2D eigenvalue weighted by molar-refractivity contribution is -0.167. The van der Waals surface area contributed by atoms with Gasteiger partial charge in [0.15, 0.2) is 0 Å². The van der Waals surface area contributed by atoms with Crippen LogP contribution >= 0.6 is 27.5 Å². The van der Waals surface area contributed by atoms with Crippen LogP contribution in [0.25, 0.3) is 0 Å². The van der Waals surface area contributed by atoms with Gasteiger partial charge in [0.2, 0.25) is 0 Å². The molecule has 2 N–H and O–H groups in total. The highest BCUT2D eigenvalue weighted by molar-refractivity contribution is 9.10. The van der Waals surface area contributed by atoms with Gasteiger partial charge >= 0.3 is 18.1 Å². The van der Waals surface area contributed by atoms with Gasteiger partial charge in [0.05, 0.1) is 20.7 Å². The standard InChI is InChI=1S/C9H4BrClF3NO3/c10-5-4(11)2-1-3(7(16)17)6(5)15-8(18)9(12,13)14/h1-2H,(H,15,18)(H,16,17). The van der Waals surface area contributed by atoms with E-state index >= 15 is 0 Å². The summed E-state index contributed by atoms with van der Waals surface area (Å²) in [7, 11) is 0. The number of hydrogen-bond acceptors (Lipinski definition) is 2. The van der Waals surface area contributed by atoms with E-state index in [1.807, 2.05) is 0 Å². The maximum atomic E-state index is 12.1. The topological polar surface area (TPSA) is 66.4 Å². The molecule has 4 nitrogen and oxygen atoms in total. The van der Waals surface area contributed by atoms with E-state index in [1.54, 1.807) is 0 Å². The smallest absolute Gasteiger partial charge is 0.471 e. The minimum absolute atomic E-state index is 0.0301. The normalized spacial score (nSPS) is 11.2. The first-order valence-corrected chi connectivity index (χ1v) is 5.41. The van der Waals surface area contributed by atoms with Crippen molar-refractivity contribution in [1.82, 2.24) is 0 Å². The van der Waals surface area contributed by atoms with Gasteiger partial charge in [-0.1, -0.05) is 11.6 Å². The van der Waals surface area contributed by atoms with Gasteiger partial charge in [-0.15, -0.1) is 0 Å². The maximum Gasteiger partial charge on any atom is 0.471 e. The molecule has 0 aromatic heterocycles. The number of rotatable bonds is 2. The van der Waals surface area contributed by atoms with E-state index in [0.29, 0.717) is 0 Å². The van der Waals surface area contributed by atoms with Crippen LogP contribution in [0.2, 0.25) is 5.02 Å². The van der Waals surface area contributed by atoms with Crippen LogP contribution in [0.5, 0.6) is 0 Å². The lowest BCUT2D eigenvalue weighted by Crippen LogP contribution is -2.30. The lowest BCUT2D eigenvalue weighted by Gasteiger charge is -2.13. The summed E-state index contributed by atoms with van der Waals surface area (Å²) < 4.78 is 36.1. The second-order valence-electron chi connectivity index (χ2n) is 3.04. The molecule has 0 aliphatic rings. The van der Waals surface area contributed by atoms with E-state index in [4.69, 9.17) is 16.7 Å². The third-order valence-electron chi connectivity index (χ3n) is 1.82. The molecule has 1 aromatic rings. The van der Waals surface area contributed by atoms with E-state index in [9.17, 15) is 22.8 Å². The number of aromatic carboxylic acids is 1. The van der Waals surface area contributed by atoms with E-state index in [2.05, 4.69) is 15.9 Å². The molecule has 0 saturated carbocycles. The van der Waals surface area contributed by atoms with E-state index in [0.717, 1.165) is 6.07 Å². The van der Waals surface area contributed by atoms with Crippen molar-refractivity contribution in [2.75, 3.05) is 5.32 Å². The largest absolute Gasteiger partial charge is 0.478 e. The molecule has 1 aromatic carbocycles. The molecule has 0 fully saturated rings. The SMILES string of the molecule is O=C(O)c1ccc(Cl)c(Br)c1NC(=O)C(F)(F)F. The monoisotopic (exact) mass is 345 g/mol. The Morgan fingerprint density at radius 3 is 2.33 bits per heavy atom. The third-order valence-corrected chi connectivity index (χ3v) is 3.19. The zero-order valence-electron chi connectivity index (χ0n) is 8.31. The number of alkyl halides is 3. The van der Waals surface area contributed by atoms with Crippen molar-refractivity contribution in [3.63, 3.8) is 0 Å². The van der Waals surface area contributed by atoms with E-state index in [-0.39, 0.29) is 9.50 Å². The summed E-state index contributed by atoms with van der Waals surface area (Å²) in [6.07, 6.45) is -5.13. The molecule has 0 aliphatic carbocycles. The van der Waals surface area contributed by atoms with Crippen molar-refractivity contribution >= 4 is 45.1 Å². The molecule has 18 heavy (non-hydrogen) atoms. The zero-order valence-corrected chi connectivity index (χ0v) is 10.7. The van der Waals surface area contributed by atoms with Crippen LogP contribution in [-0.4, -0.2) is 23.2 Å². The fourth-order valence-electron chi connectivity index (χ4n) is 1.04. The number of carboxylic acid groups (broad SMARTS) is 1. The average Bonchev–Trinajstić information content (AvgIpc) is 2.23. The summed E-state index contributed by atoms with van der Waals surface area (Å²) in [6.45, 7) is 0. The summed E-state index contributed by atoms with van der Waals surface area (Å²) in [6, 6.07) is 2.17. The average molecular weight is 346 g/mol. The van der Waals surface area contributed by atoms with Crippen LogP contribution in [0, 0.1) is 0 Å². The van der Waals surface area contributed by atoms with Crippen molar-refractivity contribution in [3.05, 3.63) is 27.2 Å². The molecule has 0 radical (unpaired) electrons.